The van der Waals surface area contributed by atoms with Crippen molar-refractivity contribution in [2.75, 3.05) is 13.6 Å². The molecule has 2 nitrogen and oxygen atoms in total. The van der Waals surface area contributed by atoms with Crippen LogP contribution < -0.4 is 10.1 Å². The van der Waals surface area contributed by atoms with Crippen molar-refractivity contribution in [3.05, 3.63) is 52.5 Å². The molecule has 0 bridgehead atoms. The minimum absolute atomic E-state index is 0.207. The third-order valence-corrected chi connectivity index (χ3v) is 3.97. The maximum absolute atomic E-state index is 6.34. The Morgan fingerprint density at radius 3 is 2.80 bits per heavy atom. The van der Waals surface area contributed by atoms with Crippen molar-refractivity contribution in [3.63, 3.8) is 0 Å². The monoisotopic (exact) mass is 287 g/mol. The highest BCUT2D eigenvalue weighted by atomic mass is 35.5. The number of rotatable bonds is 3. The van der Waals surface area contributed by atoms with Crippen molar-refractivity contribution in [2.45, 2.75) is 19.4 Å². The molecule has 0 radical (unpaired) electrons. The number of aryl methyl sites for hydroxylation is 1. The van der Waals surface area contributed by atoms with Crippen LogP contribution in [0.2, 0.25) is 5.02 Å². The first-order valence-corrected chi connectivity index (χ1v) is 7.26. The first kappa shape index (κ1) is 13.5. The minimum Gasteiger partial charge on any atom is -0.488 e. The molecule has 3 rings (SSSR count). The quantitative estimate of drug-likeness (QED) is 0.926. The number of hydrogen-bond donors (Lipinski definition) is 1. The first-order chi connectivity index (χ1) is 9.69. The van der Waals surface area contributed by atoms with E-state index in [2.05, 4.69) is 24.4 Å². The van der Waals surface area contributed by atoms with Crippen molar-refractivity contribution < 1.29 is 4.74 Å². The molecule has 1 N–H and O–H groups in total. The lowest BCUT2D eigenvalue weighted by Crippen LogP contribution is -2.27. The molecule has 104 valence electrons. The lowest BCUT2D eigenvalue weighted by atomic mass is 9.98. The van der Waals surface area contributed by atoms with Gasteiger partial charge in [0.1, 0.15) is 11.9 Å². The highest BCUT2D eigenvalue weighted by Gasteiger charge is 2.26. The van der Waals surface area contributed by atoms with Crippen LogP contribution in [0.3, 0.4) is 0 Å². The lowest BCUT2D eigenvalue weighted by Gasteiger charge is -2.13. The number of halogens is 1. The Morgan fingerprint density at radius 1 is 1.25 bits per heavy atom. The summed E-state index contributed by atoms with van der Waals surface area (Å²) in [6, 6.07) is 12.3. The smallest absolute Gasteiger partial charge is 0.131 e. The summed E-state index contributed by atoms with van der Waals surface area (Å²) in [5.74, 6) is 0.990. The molecule has 1 aliphatic rings. The first-order valence-electron chi connectivity index (χ1n) is 6.88. The van der Waals surface area contributed by atoms with E-state index in [4.69, 9.17) is 16.3 Å². The van der Waals surface area contributed by atoms with Gasteiger partial charge in [-0.05, 0) is 37.2 Å². The van der Waals surface area contributed by atoms with Crippen LogP contribution in [0.5, 0.6) is 5.75 Å². The third kappa shape index (κ3) is 2.41. The van der Waals surface area contributed by atoms with Crippen molar-refractivity contribution in [1.82, 2.24) is 5.32 Å². The Morgan fingerprint density at radius 2 is 2.05 bits per heavy atom. The highest BCUT2D eigenvalue weighted by molar-refractivity contribution is 6.33. The number of likely N-dealkylation sites (N-methyl/N-ethyl adjacent to an activating group) is 1. The molecule has 0 fully saturated rings. The number of ether oxygens (including phenoxy) is 1. The van der Waals surface area contributed by atoms with E-state index in [1.165, 1.54) is 11.1 Å². The molecule has 0 unspecified atom stereocenters. The number of benzene rings is 2. The fraction of sp³-hybridized carbons (Fsp3) is 0.294. The van der Waals surface area contributed by atoms with Crippen LogP contribution in [0, 0.1) is 6.92 Å². The van der Waals surface area contributed by atoms with Gasteiger partial charge >= 0.3 is 0 Å². The normalized spacial score (nSPS) is 16.9. The Kier molecular flexibility index (Phi) is 3.68. The summed E-state index contributed by atoms with van der Waals surface area (Å²) in [5, 5.41) is 3.94. The van der Waals surface area contributed by atoms with Crippen molar-refractivity contribution in [3.8, 4) is 16.9 Å². The molecule has 1 heterocycles. The van der Waals surface area contributed by atoms with E-state index in [1.54, 1.807) is 0 Å². The average molecular weight is 288 g/mol. The maximum Gasteiger partial charge on any atom is 0.131 e. The fourth-order valence-corrected chi connectivity index (χ4v) is 3.05. The van der Waals surface area contributed by atoms with Crippen LogP contribution in [0.1, 0.15) is 11.1 Å². The molecule has 2 aromatic carbocycles. The Balaban J connectivity index is 2.08. The minimum atomic E-state index is 0.207. The molecule has 3 heteroatoms. The Bertz CT molecular complexity index is 639. The second kappa shape index (κ2) is 5.47. The van der Waals surface area contributed by atoms with Crippen molar-refractivity contribution in [1.29, 1.82) is 0 Å². The van der Waals surface area contributed by atoms with Gasteiger partial charge in [-0.2, -0.15) is 0 Å². The molecule has 0 aliphatic carbocycles. The number of fused-ring (bicyclic) bond motifs is 1. The van der Waals surface area contributed by atoms with Gasteiger partial charge in [-0.15, -0.1) is 0 Å². The molecule has 1 atom stereocenters. The molecule has 0 saturated carbocycles. The van der Waals surface area contributed by atoms with Gasteiger partial charge in [-0.1, -0.05) is 35.9 Å². The summed E-state index contributed by atoms with van der Waals surface area (Å²) in [6.07, 6.45) is 1.16. The van der Waals surface area contributed by atoms with Crippen LogP contribution in [0.25, 0.3) is 11.1 Å². The van der Waals surface area contributed by atoms with E-state index in [9.17, 15) is 0 Å². The fourth-order valence-electron chi connectivity index (χ4n) is 2.81. The third-order valence-electron chi connectivity index (χ3n) is 3.64. The topological polar surface area (TPSA) is 21.3 Å². The summed E-state index contributed by atoms with van der Waals surface area (Å²) < 4.78 is 6.12. The van der Waals surface area contributed by atoms with Crippen LogP contribution >= 0.6 is 11.6 Å². The zero-order valence-electron chi connectivity index (χ0n) is 11.7. The molecule has 20 heavy (non-hydrogen) atoms. The van der Waals surface area contributed by atoms with Crippen LogP contribution in [-0.4, -0.2) is 19.7 Å². The van der Waals surface area contributed by atoms with Gasteiger partial charge < -0.3 is 10.1 Å². The molecule has 0 amide bonds. The van der Waals surface area contributed by atoms with Crippen LogP contribution in [-0.2, 0) is 6.42 Å². The predicted molar refractivity (Wildman–Crippen MR) is 83.7 cm³/mol. The van der Waals surface area contributed by atoms with E-state index in [1.807, 2.05) is 31.3 Å². The molecular weight excluding hydrogens is 270 g/mol. The van der Waals surface area contributed by atoms with E-state index < -0.39 is 0 Å². The van der Waals surface area contributed by atoms with Gasteiger partial charge in [0.15, 0.2) is 0 Å². The number of nitrogens with one attached hydrogen (secondary N) is 1. The van der Waals surface area contributed by atoms with E-state index >= 15 is 0 Å². The van der Waals surface area contributed by atoms with E-state index in [0.717, 1.165) is 34.9 Å². The average Bonchev–Trinajstić information content (AvgIpc) is 2.81. The zero-order valence-corrected chi connectivity index (χ0v) is 12.5. The number of hydrogen-bond acceptors (Lipinski definition) is 2. The van der Waals surface area contributed by atoms with Crippen molar-refractivity contribution in [2.24, 2.45) is 0 Å². The van der Waals surface area contributed by atoms with Gasteiger partial charge in [0.05, 0.1) is 0 Å². The van der Waals surface area contributed by atoms with Gasteiger partial charge in [-0.3, -0.25) is 0 Å². The highest BCUT2D eigenvalue weighted by Crippen LogP contribution is 2.41. The van der Waals surface area contributed by atoms with Crippen LogP contribution in [0.4, 0.5) is 0 Å². The molecular formula is C17H18ClNO. The Hall–Kier alpha value is -1.51. The van der Waals surface area contributed by atoms with E-state index in [-0.39, 0.29) is 6.10 Å². The summed E-state index contributed by atoms with van der Waals surface area (Å²) in [7, 11) is 1.95. The zero-order chi connectivity index (χ0) is 14.1. The second-order valence-corrected chi connectivity index (χ2v) is 5.69. The van der Waals surface area contributed by atoms with Gasteiger partial charge in [0.2, 0.25) is 0 Å². The van der Waals surface area contributed by atoms with Crippen molar-refractivity contribution >= 4 is 11.6 Å². The predicted octanol–water partition coefficient (Wildman–Crippen LogP) is 3.84. The second-order valence-electron chi connectivity index (χ2n) is 5.28. The standard InChI is InChI=1S/C17H18ClNO/c1-11-7-12-9-13(10-19-2)20-17(12)15(8-11)14-5-3-4-6-16(14)18/h3-8,13,19H,9-10H2,1-2H3/t13-/m0/s1. The van der Waals surface area contributed by atoms with E-state index in [0.29, 0.717) is 0 Å². The summed E-state index contributed by atoms with van der Waals surface area (Å²) in [4.78, 5) is 0. The maximum atomic E-state index is 6.34. The van der Waals surface area contributed by atoms with Crippen LogP contribution in [0.15, 0.2) is 36.4 Å². The van der Waals surface area contributed by atoms with Gasteiger partial charge in [0, 0.05) is 29.1 Å². The summed E-state index contributed by atoms with van der Waals surface area (Å²) >= 11 is 6.34. The summed E-state index contributed by atoms with van der Waals surface area (Å²) in [6.45, 7) is 2.97. The largest absolute Gasteiger partial charge is 0.488 e. The molecule has 1 aliphatic heterocycles. The molecule has 2 aromatic rings. The molecule has 0 saturated heterocycles. The molecule has 0 spiro atoms. The van der Waals surface area contributed by atoms with Gasteiger partial charge in [0.25, 0.3) is 0 Å². The van der Waals surface area contributed by atoms with Gasteiger partial charge in [-0.25, -0.2) is 0 Å². The Labute approximate surface area is 124 Å². The lowest BCUT2D eigenvalue weighted by molar-refractivity contribution is 0.232. The SMILES string of the molecule is CNC[C@@H]1Cc2cc(C)cc(-c3ccccc3Cl)c2O1. The molecule has 0 aromatic heterocycles. The summed E-state index contributed by atoms with van der Waals surface area (Å²) in [5.41, 5.74) is 4.66.